The molecule has 7 nitrogen and oxygen atoms in total. The van der Waals surface area contributed by atoms with Crippen molar-refractivity contribution in [3.05, 3.63) is 60.2 Å². The van der Waals surface area contributed by atoms with Gasteiger partial charge in [0, 0.05) is 36.2 Å². The third kappa shape index (κ3) is 6.34. The number of esters is 1. The molecule has 0 bridgehead atoms. The Balaban J connectivity index is 1.46. The van der Waals surface area contributed by atoms with Gasteiger partial charge in [0.1, 0.15) is 0 Å². The number of carbonyl (C=O) groups excluding carboxylic acids is 2. The van der Waals surface area contributed by atoms with Crippen LogP contribution in [0.25, 0.3) is 0 Å². The van der Waals surface area contributed by atoms with E-state index in [2.05, 4.69) is 5.32 Å². The summed E-state index contributed by atoms with van der Waals surface area (Å²) in [4.78, 5) is 25.5. The summed E-state index contributed by atoms with van der Waals surface area (Å²) in [5.41, 5.74) is 0.312. The Morgan fingerprint density at radius 3 is 2.34 bits per heavy atom. The topological polar surface area (TPSA) is 92.8 Å². The van der Waals surface area contributed by atoms with Crippen molar-refractivity contribution in [2.75, 3.05) is 32.0 Å². The van der Waals surface area contributed by atoms with Gasteiger partial charge in [-0.1, -0.05) is 18.2 Å². The molecular weight excluding hydrogens is 448 g/mol. The van der Waals surface area contributed by atoms with Crippen molar-refractivity contribution >= 4 is 33.7 Å². The van der Waals surface area contributed by atoms with Crippen LogP contribution in [0, 0.1) is 5.92 Å². The van der Waals surface area contributed by atoms with Gasteiger partial charge in [0.15, 0.2) is 0 Å². The minimum absolute atomic E-state index is 0.0190. The highest BCUT2D eigenvalue weighted by Gasteiger charge is 2.32. The summed E-state index contributed by atoms with van der Waals surface area (Å²) in [5.74, 6) is 0.0967. The van der Waals surface area contributed by atoms with Gasteiger partial charge >= 0.3 is 5.97 Å². The number of rotatable bonds is 9. The van der Waals surface area contributed by atoms with Crippen LogP contribution in [0.4, 0.5) is 0 Å². The number of nitrogens with one attached hydrogen (secondary N) is 1. The van der Waals surface area contributed by atoms with Gasteiger partial charge in [-0.2, -0.15) is 4.31 Å². The van der Waals surface area contributed by atoms with Gasteiger partial charge in [0.25, 0.3) is 0 Å². The molecule has 32 heavy (non-hydrogen) atoms. The van der Waals surface area contributed by atoms with Gasteiger partial charge < -0.3 is 10.1 Å². The van der Waals surface area contributed by atoms with Crippen LogP contribution in [-0.4, -0.2) is 56.6 Å². The minimum atomic E-state index is -3.67. The molecule has 0 atom stereocenters. The largest absolute Gasteiger partial charge is 0.462 e. The first-order chi connectivity index (χ1) is 15.4. The molecule has 1 N–H and O–H groups in total. The van der Waals surface area contributed by atoms with E-state index in [0.717, 1.165) is 10.6 Å². The van der Waals surface area contributed by atoms with Crippen LogP contribution in [0.15, 0.2) is 64.4 Å². The lowest BCUT2D eigenvalue weighted by Crippen LogP contribution is -2.43. The average Bonchev–Trinajstić information content (AvgIpc) is 2.82. The maximum Gasteiger partial charge on any atom is 0.338 e. The van der Waals surface area contributed by atoms with Crippen LogP contribution in [0.1, 0.15) is 30.1 Å². The standard InChI is InChI=1S/C23H28N2O5S2/c1-2-30-23(27)19-8-10-21(11-9-19)32(28,29)25-15-12-18(13-16-25)22(26)24-14-17-31-20-6-4-3-5-7-20/h3-11,18H,2,12-17H2,1H3,(H,24,26). The second-order valence-corrected chi connectivity index (χ2v) is 10.5. The number of nitrogens with zero attached hydrogens (tertiary/aromatic N) is 1. The molecule has 1 saturated heterocycles. The van der Waals surface area contributed by atoms with E-state index in [9.17, 15) is 18.0 Å². The summed E-state index contributed by atoms with van der Waals surface area (Å²) in [6.45, 7) is 3.12. The molecule has 0 spiro atoms. The van der Waals surface area contributed by atoms with Gasteiger partial charge in [0.2, 0.25) is 15.9 Å². The minimum Gasteiger partial charge on any atom is -0.462 e. The molecule has 1 aliphatic rings. The molecule has 0 aromatic heterocycles. The zero-order valence-corrected chi connectivity index (χ0v) is 19.7. The molecule has 2 aromatic carbocycles. The summed E-state index contributed by atoms with van der Waals surface area (Å²) < 4.78 is 32.2. The number of ether oxygens (including phenoxy) is 1. The molecule has 0 unspecified atom stereocenters. The number of benzene rings is 2. The molecule has 0 aliphatic carbocycles. The molecule has 3 rings (SSSR count). The predicted molar refractivity (Wildman–Crippen MR) is 124 cm³/mol. The Hall–Kier alpha value is -2.36. The summed E-state index contributed by atoms with van der Waals surface area (Å²) in [5, 5.41) is 2.96. The number of piperidine rings is 1. The quantitative estimate of drug-likeness (QED) is 0.340. The number of hydrogen-bond acceptors (Lipinski definition) is 6. The molecule has 2 aromatic rings. The average molecular weight is 477 g/mol. The number of amides is 1. The van der Waals surface area contributed by atoms with Crippen LogP contribution in [-0.2, 0) is 19.6 Å². The van der Waals surface area contributed by atoms with E-state index < -0.39 is 16.0 Å². The first-order valence-corrected chi connectivity index (χ1v) is 13.1. The van der Waals surface area contributed by atoms with Crippen molar-refractivity contribution in [3.8, 4) is 0 Å². The van der Waals surface area contributed by atoms with E-state index >= 15 is 0 Å². The first kappa shape index (κ1) is 24.3. The lowest BCUT2D eigenvalue weighted by Gasteiger charge is -2.30. The zero-order chi connectivity index (χ0) is 23.0. The van der Waals surface area contributed by atoms with Crippen LogP contribution in [0.5, 0.6) is 0 Å². The van der Waals surface area contributed by atoms with Crippen molar-refractivity contribution in [1.29, 1.82) is 0 Å². The van der Waals surface area contributed by atoms with Gasteiger partial charge in [0.05, 0.1) is 17.1 Å². The summed E-state index contributed by atoms with van der Waals surface area (Å²) >= 11 is 1.68. The van der Waals surface area contributed by atoms with Crippen LogP contribution in [0.3, 0.4) is 0 Å². The molecule has 1 heterocycles. The summed E-state index contributed by atoms with van der Waals surface area (Å²) in [6, 6.07) is 15.8. The second kappa shape index (κ2) is 11.5. The molecule has 1 aliphatic heterocycles. The fourth-order valence-electron chi connectivity index (χ4n) is 3.49. The lowest BCUT2D eigenvalue weighted by molar-refractivity contribution is -0.125. The van der Waals surface area contributed by atoms with E-state index in [1.54, 1.807) is 18.7 Å². The molecule has 9 heteroatoms. The number of carbonyl (C=O) groups is 2. The van der Waals surface area contributed by atoms with E-state index in [-0.39, 0.29) is 23.3 Å². The molecule has 172 valence electrons. The molecule has 1 fully saturated rings. The van der Waals surface area contributed by atoms with Gasteiger partial charge in [-0.3, -0.25) is 4.79 Å². The highest BCUT2D eigenvalue weighted by Crippen LogP contribution is 2.24. The SMILES string of the molecule is CCOC(=O)c1ccc(S(=O)(=O)N2CCC(C(=O)NCCSc3ccccc3)CC2)cc1. The van der Waals surface area contributed by atoms with Crippen LogP contribution >= 0.6 is 11.8 Å². The zero-order valence-electron chi connectivity index (χ0n) is 18.0. The van der Waals surface area contributed by atoms with E-state index in [1.807, 2.05) is 30.3 Å². The van der Waals surface area contributed by atoms with Gasteiger partial charge in [-0.25, -0.2) is 13.2 Å². The molecule has 0 saturated carbocycles. The maximum atomic E-state index is 12.9. The van der Waals surface area contributed by atoms with E-state index in [0.29, 0.717) is 38.0 Å². The van der Waals surface area contributed by atoms with Crippen molar-refractivity contribution in [3.63, 3.8) is 0 Å². The summed E-state index contributed by atoms with van der Waals surface area (Å²) in [7, 11) is -3.67. The maximum absolute atomic E-state index is 12.9. The van der Waals surface area contributed by atoms with Crippen LogP contribution < -0.4 is 5.32 Å². The highest BCUT2D eigenvalue weighted by atomic mass is 32.2. The van der Waals surface area contributed by atoms with Crippen molar-refractivity contribution in [1.82, 2.24) is 9.62 Å². The Kier molecular flexibility index (Phi) is 8.72. The van der Waals surface area contributed by atoms with Crippen LogP contribution in [0.2, 0.25) is 0 Å². The molecule has 1 amide bonds. The third-order valence-corrected chi connectivity index (χ3v) is 8.17. The lowest BCUT2D eigenvalue weighted by atomic mass is 9.97. The first-order valence-electron chi connectivity index (χ1n) is 10.6. The predicted octanol–water partition coefficient (Wildman–Crippen LogP) is 3.17. The molecule has 0 radical (unpaired) electrons. The molecular formula is C23H28N2O5S2. The van der Waals surface area contributed by atoms with Gasteiger partial charge in [-0.15, -0.1) is 11.8 Å². The highest BCUT2D eigenvalue weighted by molar-refractivity contribution is 7.99. The Morgan fingerprint density at radius 2 is 1.72 bits per heavy atom. The normalized spacial score (nSPS) is 15.3. The van der Waals surface area contributed by atoms with Crippen molar-refractivity contribution in [2.24, 2.45) is 5.92 Å². The van der Waals surface area contributed by atoms with Gasteiger partial charge in [-0.05, 0) is 56.2 Å². The fourth-order valence-corrected chi connectivity index (χ4v) is 5.75. The number of hydrogen-bond donors (Lipinski definition) is 1. The monoisotopic (exact) mass is 476 g/mol. The Bertz CT molecular complexity index is 1000. The Morgan fingerprint density at radius 1 is 1.06 bits per heavy atom. The summed E-state index contributed by atoms with van der Waals surface area (Å²) in [6.07, 6.45) is 0.968. The second-order valence-electron chi connectivity index (χ2n) is 7.38. The Labute approximate surface area is 193 Å². The smallest absolute Gasteiger partial charge is 0.338 e. The number of thioether (sulfide) groups is 1. The number of sulfonamides is 1. The van der Waals surface area contributed by atoms with E-state index in [4.69, 9.17) is 4.74 Å². The fraction of sp³-hybridized carbons (Fsp3) is 0.391. The van der Waals surface area contributed by atoms with Crippen molar-refractivity contribution < 1.29 is 22.7 Å². The van der Waals surface area contributed by atoms with E-state index in [1.165, 1.54) is 28.6 Å². The third-order valence-electron chi connectivity index (χ3n) is 5.24. The van der Waals surface area contributed by atoms with Crippen molar-refractivity contribution in [2.45, 2.75) is 29.6 Å².